The minimum atomic E-state index is 0.719. The summed E-state index contributed by atoms with van der Waals surface area (Å²) in [5.74, 6) is 6.27. The maximum atomic E-state index is 5.37. The first-order valence-corrected chi connectivity index (χ1v) is 6.80. The predicted octanol–water partition coefficient (Wildman–Crippen LogP) is 3.21. The zero-order chi connectivity index (χ0) is 12.6. The molecule has 0 radical (unpaired) electrons. The van der Waals surface area contributed by atoms with Gasteiger partial charge in [-0.05, 0) is 44.1 Å². The second-order valence-electron chi connectivity index (χ2n) is 4.82. The lowest BCUT2D eigenvalue weighted by molar-refractivity contribution is 0.138. The predicted molar refractivity (Wildman–Crippen MR) is 71.8 cm³/mol. The average Bonchev–Trinajstić information content (AvgIpc) is 2.42. The second-order valence-corrected chi connectivity index (χ2v) is 4.82. The molecule has 2 N–H and O–H groups in total. The number of allylic oxidation sites excluding steroid dienone is 4. The molecule has 0 atom stereocenters. The number of hydrogen-bond acceptors (Lipinski definition) is 4. The lowest BCUT2D eigenvalue weighted by atomic mass is 9.92. The number of rotatable bonds is 1. The Kier molecular flexibility index (Phi) is 5.27. The van der Waals surface area contributed by atoms with Gasteiger partial charge in [0.1, 0.15) is 12.4 Å². The molecule has 1 aliphatic carbocycles. The van der Waals surface area contributed by atoms with E-state index in [4.69, 9.17) is 15.6 Å². The van der Waals surface area contributed by atoms with Gasteiger partial charge in [0.25, 0.3) is 0 Å². The molecular formula is C14H22N2O2. The molecule has 0 spiro atoms. The third-order valence-corrected chi connectivity index (χ3v) is 3.42. The fourth-order valence-corrected chi connectivity index (χ4v) is 2.37. The van der Waals surface area contributed by atoms with Crippen LogP contribution in [-0.2, 0) is 9.68 Å². The van der Waals surface area contributed by atoms with E-state index in [0.29, 0.717) is 0 Å². The molecule has 2 bridgehead atoms. The highest BCUT2D eigenvalue weighted by Crippen LogP contribution is 2.27. The van der Waals surface area contributed by atoms with E-state index in [1.54, 1.807) is 0 Å². The Morgan fingerprint density at radius 1 is 1.11 bits per heavy atom. The molecule has 0 fully saturated rings. The highest BCUT2D eigenvalue weighted by Gasteiger charge is 2.18. The molecule has 0 saturated heterocycles. The van der Waals surface area contributed by atoms with Crippen molar-refractivity contribution >= 4 is 5.71 Å². The zero-order valence-corrected chi connectivity index (χ0v) is 10.9. The van der Waals surface area contributed by atoms with Crippen molar-refractivity contribution in [2.75, 3.05) is 6.61 Å². The smallest absolute Gasteiger partial charge is 0.123 e. The van der Waals surface area contributed by atoms with Gasteiger partial charge in [-0.2, -0.15) is 5.90 Å². The van der Waals surface area contributed by atoms with Gasteiger partial charge >= 0.3 is 0 Å². The topological polar surface area (TPSA) is 56.8 Å². The van der Waals surface area contributed by atoms with Crippen molar-refractivity contribution in [2.24, 2.45) is 11.1 Å². The monoisotopic (exact) mass is 250 g/mol. The van der Waals surface area contributed by atoms with Crippen LogP contribution in [0.1, 0.15) is 51.4 Å². The fraction of sp³-hybridized carbons (Fsp3) is 0.643. The standard InChI is InChI=1S/C14H22N2O2/c15-18-14-9-8-13-11-12(14)7-5-3-1-2-4-6-10-17-16-13/h1,3H,2,4-11,15H2/b3-1-,16-13-. The van der Waals surface area contributed by atoms with Crippen molar-refractivity contribution in [1.29, 1.82) is 0 Å². The number of fused-ring (bicyclic) bond motifs is 2. The molecule has 0 aromatic rings. The second kappa shape index (κ2) is 7.21. The van der Waals surface area contributed by atoms with E-state index >= 15 is 0 Å². The van der Waals surface area contributed by atoms with Crippen molar-refractivity contribution in [3.63, 3.8) is 0 Å². The molecule has 0 unspecified atom stereocenters. The van der Waals surface area contributed by atoms with Crippen LogP contribution in [0.25, 0.3) is 0 Å². The summed E-state index contributed by atoms with van der Waals surface area (Å²) in [7, 11) is 0. The minimum Gasteiger partial charge on any atom is -0.416 e. The summed E-state index contributed by atoms with van der Waals surface area (Å²) in [6.45, 7) is 0.719. The van der Waals surface area contributed by atoms with Gasteiger partial charge in [-0.15, -0.1) is 0 Å². The lowest BCUT2D eigenvalue weighted by Gasteiger charge is -2.19. The van der Waals surface area contributed by atoms with Gasteiger partial charge in [0.2, 0.25) is 0 Å². The van der Waals surface area contributed by atoms with Crippen molar-refractivity contribution in [3.8, 4) is 0 Å². The first kappa shape index (κ1) is 13.1. The molecule has 4 heteroatoms. The number of nitrogens with zero attached hydrogens (tertiary/aromatic N) is 1. The normalized spacial score (nSPS) is 26.8. The van der Waals surface area contributed by atoms with Gasteiger partial charge in [0.05, 0.1) is 5.71 Å². The third kappa shape index (κ3) is 3.88. The molecular weight excluding hydrogens is 228 g/mol. The van der Waals surface area contributed by atoms with Gasteiger partial charge < -0.3 is 9.68 Å². The number of hydrogen-bond donors (Lipinski definition) is 1. The van der Waals surface area contributed by atoms with Crippen molar-refractivity contribution in [2.45, 2.75) is 51.4 Å². The molecule has 0 aromatic carbocycles. The molecule has 100 valence electrons. The molecule has 2 aliphatic rings. The highest BCUT2D eigenvalue weighted by atomic mass is 16.6. The Labute approximate surface area is 108 Å². The first-order valence-electron chi connectivity index (χ1n) is 6.80. The van der Waals surface area contributed by atoms with Crippen LogP contribution >= 0.6 is 0 Å². The molecule has 4 nitrogen and oxygen atoms in total. The van der Waals surface area contributed by atoms with E-state index in [9.17, 15) is 0 Å². The van der Waals surface area contributed by atoms with E-state index in [2.05, 4.69) is 17.3 Å². The highest BCUT2D eigenvalue weighted by molar-refractivity contribution is 5.87. The van der Waals surface area contributed by atoms with E-state index in [1.807, 2.05) is 0 Å². The summed E-state index contributed by atoms with van der Waals surface area (Å²) in [6.07, 6.45) is 12.5. The summed E-state index contributed by atoms with van der Waals surface area (Å²) >= 11 is 0. The van der Waals surface area contributed by atoms with Crippen molar-refractivity contribution < 1.29 is 9.68 Å². The molecule has 0 amide bonds. The summed E-state index contributed by atoms with van der Waals surface area (Å²) in [6, 6.07) is 0. The van der Waals surface area contributed by atoms with Crippen molar-refractivity contribution in [1.82, 2.24) is 0 Å². The molecule has 1 aliphatic heterocycles. The Hall–Kier alpha value is -1.29. The summed E-state index contributed by atoms with van der Waals surface area (Å²) in [4.78, 5) is 10.4. The summed E-state index contributed by atoms with van der Waals surface area (Å²) < 4.78 is 0. The summed E-state index contributed by atoms with van der Waals surface area (Å²) in [5.41, 5.74) is 2.39. The maximum absolute atomic E-state index is 5.37. The molecule has 1 heterocycles. The van der Waals surface area contributed by atoms with Gasteiger partial charge in [-0.3, -0.25) is 0 Å². The molecule has 0 aromatic heterocycles. The van der Waals surface area contributed by atoms with Crippen LogP contribution in [0, 0.1) is 0 Å². The maximum Gasteiger partial charge on any atom is 0.123 e. The Morgan fingerprint density at radius 3 is 2.89 bits per heavy atom. The van der Waals surface area contributed by atoms with Crippen LogP contribution in [0.3, 0.4) is 0 Å². The lowest BCUT2D eigenvalue weighted by Crippen LogP contribution is -2.14. The zero-order valence-electron chi connectivity index (χ0n) is 10.9. The first-order chi connectivity index (χ1) is 8.90. The van der Waals surface area contributed by atoms with E-state index in [-0.39, 0.29) is 0 Å². The largest absolute Gasteiger partial charge is 0.416 e. The van der Waals surface area contributed by atoms with Gasteiger partial charge in [-0.25, -0.2) is 0 Å². The average molecular weight is 250 g/mol. The Bertz CT molecular complexity index is 359. The van der Waals surface area contributed by atoms with Crippen LogP contribution in [0.4, 0.5) is 0 Å². The van der Waals surface area contributed by atoms with Crippen molar-refractivity contribution in [3.05, 3.63) is 23.5 Å². The van der Waals surface area contributed by atoms with Crippen LogP contribution in [0.2, 0.25) is 0 Å². The SMILES string of the molecule is NOC1=C2CC/C=C\CCCCO/N=C(/CC1)C2. The minimum absolute atomic E-state index is 0.719. The van der Waals surface area contributed by atoms with Gasteiger partial charge in [0, 0.05) is 12.8 Å². The Morgan fingerprint density at radius 2 is 2.00 bits per heavy atom. The van der Waals surface area contributed by atoms with Crippen LogP contribution in [0.15, 0.2) is 28.6 Å². The van der Waals surface area contributed by atoms with Crippen LogP contribution in [0.5, 0.6) is 0 Å². The number of oxime groups is 1. The van der Waals surface area contributed by atoms with Crippen LogP contribution < -0.4 is 5.90 Å². The quantitative estimate of drug-likeness (QED) is 0.574. The van der Waals surface area contributed by atoms with E-state index in [1.165, 1.54) is 12.0 Å². The Balaban J connectivity index is 2.07. The number of nitrogens with two attached hydrogens (primary N) is 1. The summed E-state index contributed by atoms with van der Waals surface area (Å²) in [5, 5.41) is 4.24. The van der Waals surface area contributed by atoms with E-state index in [0.717, 1.165) is 63.0 Å². The van der Waals surface area contributed by atoms with Gasteiger partial charge in [0.15, 0.2) is 0 Å². The molecule has 18 heavy (non-hydrogen) atoms. The molecule has 0 saturated carbocycles. The molecule has 2 rings (SSSR count). The van der Waals surface area contributed by atoms with Crippen LogP contribution in [-0.4, -0.2) is 12.3 Å². The fourth-order valence-electron chi connectivity index (χ4n) is 2.37. The van der Waals surface area contributed by atoms with E-state index < -0.39 is 0 Å². The van der Waals surface area contributed by atoms with Gasteiger partial charge in [-0.1, -0.05) is 17.3 Å². The third-order valence-electron chi connectivity index (χ3n) is 3.42.